The van der Waals surface area contributed by atoms with Crippen LogP contribution in [0.1, 0.15) is 18.1 Å². The monoisotopic (exact) mass is 386 g/mol. The van der Waals surface area contributed by atoms with E-state index < -0.39 is 0 Å². The molecule has 0 aliphatic heterocycles. The Kier molecular flexibility index (Phi) is 5.49. The van der Waals surface area contributed by atoms with Gasteiger partial charge in [-0.3, -0.25) is 4.98 Å². The number of phenolic OH excluding ortho intramolecular Hbond substituents is 1. The third kappa shape index (κ3) is 4.12. The molecular formula is C24H22N2OS. The molecule has 0 saturated heterocycles. The second-order valence-electron chi connectivity index (χ2n) is 6.62. The van der Waals surface area contributed by atoms with Crippen LogP contribution in [0.5, 0.6) is 5.75 Å². The van der Waals surface area contributed by atoms with Gasteiger partial charge in [0.25, 0.3) is 0 Å². The summed E-state index contributed by atoms with van der Waals surface area (Å²) in [5.41, 5.74) is 4.22. The molecule has 0 fully saturated rings. The van der Waals surface area contributed by atoms with E-state index in [-0.39, 0.29) is 0 Å². The Balaban J connectivity index is 1.53. The van der Waals surface area contributed by atoms with Crippen LogP contribution >= 0.6 is 11.8 Å². The first-order chi connectivity index (χ1) is 13.7. The fraction of sp³-hybridized carbons (Fsp3) is 0.125. The van der Waals surface area contributed by atoms with Crippen molar-refractivity contribution in [3.63, 3.8) is 0 Å². The van der Waals surface area contributed by atoms with Gasteiger partial charge in [-0.05, 0) is 60.0 Å². The summed E-state index contributed by atoms with van der Waals surface area (Å²) in [6.07, 6.45) is 2.64. The van der Waals surface area contributed by atoms with Crippen LogP contribution in [-0.2, 0) is 13.0 Å². The van der Waals surface area contributed by atoms with Crippen LogP contribution in [0.25, 0.3) is 10.9 Å². The number of anilines is 1. The van der Waals surface area contributed by atoms with Crippen molar-refractivity contribution in [1.29, 1.82) is 0 Å². The van der Waals surface area contributed by atoms with Crippen molar-refractivity contribution in [2.45, 2.75) is 29.7 Å². The molecule has 3 aromatic carbocycles. The summed E-state index contributed by atoms with van der Waals surface area (Å²) in [5, 5.41) is 14.5. The quantitative estimate of drug-likeness (QED) is 0.384. The lowest BCUT2D eigenvalue weighted by molar-refractivity contribution is 0.469. The molecule has 140 valence electrons. The first-order valence-corrected chi connectivity index (χ1v) is 10.2. The molecule has 3 nitrogen and oxygen atoms in total. The molecule has 0 bridgehead atoms. The summed E-state index contributed by atoms with van der Waals surface area (Å²) in [5.74, 6) is 0.355. The van der Waals surface area contributed by atoms with Crippen LogP contribution in [0.4, 0.5) is 5.69 Å². The summed E-state index contributed by atoms with van der Waals surface area (Å²) in [6, 6.07) is 24.6. The smallest absolute Gasteiger partial charge is 0.118 e. The zero-order valence-electron chi connectivity index (χ0n) is 15.7. The van der Waals surface area contributed by atoms with E-state index in [1.54, 1.807) is 17.8 Å². The molecule has 0 atom stereocenters. The number of hydrogen-bond donors (Lipinski definition) is 2. The van der Waals surface area contributed by atoms with Crippen LogP contribution in [0.2, 0.25) is 0 Å². The average molecular weight is 387 g/mol. The minimum atomic E-state index is 0.355. The van der Waals surface area contributed by atoms with Gasteiger partial charge in [0, 0.05) is 33.6 Å². The van der Waals surface area contributed by atoms with Gasteiger partial charge in [-0.1, -0.05) is 49.0 Å². The molecular weight excluding hydrogens is 364 g/mol. The predicted molar refractivity (Wildman–Crippen MR) is 117 cm³/mol. The van der Waals surface area contributed by atoms with E-state index >= 15 is 0 Å². The number of hydrogen-bond acceptors (Lipinski definition) is 4. The Hall–Kier alpha value is -2.98. The van der Waals surface area contributed by atoms with E-state index in [1.807, 2.05) is 31.3 Å². The summed E-state index contributed by atoms with van der Waals surface area (Å²) in [7, 11) is 0. The molecule has 28 heavy (non-hydrogen) atoms. The van der Waals surface area contributed by atoms with Gasteiger partial charge >= 0.3 is 0 Å². The molecule has 0 aliphatic rings. The van der Waals surface area contributed by atoms with Crippen molar-refractivity contribution >= 4 is 28.4 Å². The summed E-state index contributed by atoms with van der Waals surface area (Å²) < 4.78 is 0. The van der Waals surface area contributed by atoms with Crippen molar-refractivity contribution in [2.24, 2.45) is 0 Å². The molecule has 1 heterocycles. The number of pyridine rings is 1. The maximum atomic E-state index is 9.87. The molecule has 0 saturated carbocycles. The maximum absolute atomic E-state index is 9.87. The minimum Gasteiger partial charge on any atom is -0.508 e. The highest BCUT2D eigenvalue weighted by atomic mass is 32.2. The molecule has 0 spiro atoms. The van der Waals surface area contributed by atoms with E-state index in [0.29, 0.717) is 5.75 Å². The van der Waals surface area contributed by atoms with Crippen molar-refractivity contribution in [2.75, 3.05) is 5.32 Å². The summed E-state index contributed by atoms with van der Waals surface area (Å²) >= 11 is 1.75. The van der Waals surface area contributed by atoms with Gasteiger partial charge in [-0.2, -0.15) is 0 Å². The maximum Gasteiger partial charge on any atom is 0.118 e. The van der Waals surface area contributed by atoms with Gasteiger partial charge in [-0.25, -0.2) is 0 Å². The Morgan fingerprint density at radius 1 is 0.929 bits per heavy atom. The number of nitrogens with zero attached hydrogens (tertiary/aromatic N) is 1. The molecule has 0 unspecified atom stereocenters. The van der Waals surface area contributed by atoms with Crippen LogP contribution in [0.15, 0.2) is 88.8 Å². The number of fused-ring (bicyclic) bond motifs is 1. The topological polar surface area (TPSA) is 45.2 Å². The molecule has 0 amide bonds. The Labute approximate surface area is 169 Å². The predicted octanol–water partition coefficient (Wildman–Crippen LogP) is 6.27. The first-order valence-electron chi connectivity index (χ1n) is 9.39. The van der Waals surface area contributed by atoms with Crippen molar-refractivity contribution < 1.29 is 5.11 Å². The standard InChI is InChI=1S/C24H22N2OS/c1-2-17-14-20(10-12-23(17)27)26-16-19-6-3-4-8-24(19)28-21-11-9-18-7-5-13-25-22(18)15-21/h3-15,26-27H,2,16H2,1H3. The molecule has 4 rings (SSSR count). The summed E-state index contributed by atoms with van der Waals surface area (Å²) in [4.78, 5) is 6.86. The van der Waals surface area contributed by atoms with Gasteiger partial charge in [-0.15, -0.1) is 0 Å². The SMILES string of the molecule is CCc1cc(NCc2ccccc2Sc2ccc3cccnc3c2)ccc1O. The molecule has 0 radical (unpaired) electrons. The number of benzene rings is 3. The van der Waals surface area contributed by atoms with Gasteiger partial charge in [0.2, 0.25) is 0 Å². The fourth-order valence-corrected chi connectivity index (χ4v) is 4.14. The molecule has 2 N–H and O–H groups in total. The number of rotatable bonds is 6. The summed E-state index contributed by atoms with van der Waals surface area (Å²) in [6.45, 7) is 2.77. The Morgan fingerprint density at radius 3 is 2.71 bits per heavy atom. The third-order valence-corrected chi connectivity index (χ3v) is 5.83. The van der Waals surface area contributed by atoms with Crippen molar-refractivity contribution in [1.82, 2.24) is 4.98 Å². The molecule has 4 aromatic rings. The fourth-order valence-electron chi connectivity index (χ4n) is 3.16. The van der Waals surface area contributed by atoms with Gasteiger partial charge in [0.15, 0.2) is 0 Å². The highest BCUT2D eigenvalue weighted by molar-refractivity contribution is 7.99. The largest absolute Gasteiger partial charge is 0.508 e. The second kappa shape index (κ2) is 8.36. The minimum absolute atomic E-state index is 0.355. The van der Waals surface area contributed by atoms with E-state index in [2.05, 4.69) is 58.8 Å². The zero-order chi connectivity index (χ0) is 19.3. The average Bonchev–Trinajstić information content (AvgIpc) is 2.74. The second-order valence-corrected chi connectivity index (χ2v) is 7.73. The number of aromatic hydroxyl groups is 1. The van der Waals surface area contributed by atoms with Gasteiger partial charge < -0.3 is 10.4 Å². The van der Waals surface area contributed by atoms with Crippen molar-refractivity contribution in [3.8, 4) is 5.75 Å². The van der Waals surface area contributed by atoms with Crippen LogP contribution in [-0.4, -0.2) is 10.1 Å². The first kappa shape index (κ1) is 18.4. The van der Waals surface area contributed by atoms with Crippen LogP contribution in [0.3, 0.4) is 0 Å². The highest BCUT2D eigenvalue weighted by Crippen LogP contribution is 2.32. The lowest BCUT2D eigenvalue weighted by Gasteiger charge is -2.13. The highest BCUT2D eigenvalue weighted by Gasteiger charge is 2.06. The molecule has 4 heteroatoms. The number of nitrogens with one attached hydrogen (secondary N) is 1. The molecule has 0 aliphatic carbocycles. The number of phenols is 1. The molecule has 1 aromatic heterocycles. The van der Waals surface area contributed by atoms with Gasteiger partial charge in [0.05, 0.1) is 5.52 Å². The Bertz CT molecular complexity index is 1110. The lowest BCUT2D eigenvalue weighted by atomic mass is 10.1. The van der Waals surface area contributed by atoms with Gasteiger partial charge in [0.1, 0.15) is 5.75 Å². The number of aromatic nitrogens is 1. The lowest BCUT2D eigenvalue weighted by Crippen LogP contribution is -2.01. The Morgan fingerprint density at radius 2 is 1.82 bits per heavy atom. The zero-order valence-corrected chi connectivity index (χ0v) is 16.5. The van der Waals surface area contributed by atoms with Crippen LogP contribution < -0.4 is 5.32 Å². The van der Waals surface area contributed by atoms with E-state index in [4.69, 9.17) is 0 Å². The third-order valence-electron chi connectivity index (χ3n) is 4.72. The van der Waals surface area contributed by atoms with E-state index in [9.17, 15) is 5.11 Å². The van der Waals surface area contributed by atoms with E-state index in [1.165, 1.54) is 15.4 Å². The van der Waals surface area contributed by atoms with E-state index in [0.717, 1.165) is 35.1 Å². The van der Waals surface area contributed by atoms with Crippen molar-refractivity contribution in [3.05, 3.63) is 90.1 Å². The normalized spacial score (nSPS) is 10.9. The number of aryl methyl sites for hydroxylation is 1. The van der Waals surface area contributed by atoms with Crippen LogP contribution in [0, 0.1) is 0 Å².